The predicted octanol–water partition coefficient (Wildman–Crippen LogP) is 2.62. The van der Waals surface area contributed by atoms with Crippen molar-refractivity contribution in [1.29, 1.82) is 0 Å². The normalized spacial score (nSPS) is 18.9. The van der Waals surface area contributed by atoms with E-state index in [0.29, 0.717) is 12.5 Å². The molecule has 0 spiro atoms. The average Bonchev–Trinajstić information content (AvgIpc) is 3.09. The molecule has 0 saturated carbocycles. The van der Waals surface area contributed by atoms with Crippen molar-refractivity contribution in [2.24, 2.45) is 7.05 Å². The van der Waals surface area contributed by atoms with Gasteiger partial charge in [-0.2, -0.15) is 0 Å². The van der Waals surface area contributed by atoms with Gasteiger partial charge in [0, 0.05) is 30.8 Å². The van der Waals surface area contributed by atoms with Crippen LogP contribution in [0.15, 0.2) is 11.4 Å². The number of hydrogen-bond donors (Lipinski definition) is 0. The predicted molar refractivity (Wildman–Crippen MR) is 72.3 cm³/mol. The first-order valence-corrected chi connectivity index (χ1v) is 7.29. The van der Waals surface area contributed by atoms with Gasteiger partial charge in [0.25, 0.3) is 0 Å². The molecule has 1 atom stereocenters. The minimum absolute atomic E-state index is 0.191. The number of ether oxygens (including phenoxy) is 2. The molecule has 102 valence electrons. The molecule has 0 aliphatic carbocycles. The van der Waals surface area contributed by atoms with E-state index in [4.69, 9.17) is 9.47 Å². The third-order valence-electron chi connectivity index (χ3n) is 3.23. The van der Waals surface area contributed by atoms with Gasteiger partial charge in [0.05, 0.1) is 5.69 Å². The topological polar surface area (TPSA) is 49.2 Å². The van der Waals surface area contributed by atoms with Gasteiger partial charge in [-0.1, -0.05) is 0 Å². The summed E-state index contributed by atoms with van der Waals surface area (Å²) in [7, 11) is 1.90. The molecule has 1 aliphatic heterocycles. The maximum Gasteiger partial charge on any atom is 0.233 e. The van der Waals surface area contributed by atoms with Gasteiger partial charge in [-0.05, 0) is 19.8 Å². The van der Waals surface area contributed by atoms with Crippen molar-refractivity contribution in [3.8, 4) is 5.88 Å². The molecule has 2 aromatic rings. The highest BCUT2D eigenvalue weighted by Gasteiger charge is 2.20. The summed E-state index contributed by atoms with van der Waals surface area (Å²) in [5.74, 6) is 0.645. The monoisotopic (exact) mass is 279 g/mol. The Labute approximate surface area is 116 Å². The van der Waals surface area contributed by atoms with Crippen LogP contribution < -0.4 is 4.74 Å². The Bertz CT molecular complexity index is 538. The fraction of sp³-hybridized carbons (Fsp3) is 0.538. The van der Waals surface area contributed by atoms with E-state index in [9.17, 15) is 0 Å². The van der Waals surface area contributed by atoms with Crippen LogP contribution in [0.4, 0.5) is 0 Å². The second-order valence-corrected chi connectivity index (χ2v) is 5.60. The third kappa shape index (κ3) is 2.79. The second-order valence-electron chi connectivity index (χ2n) is 4.71. The Morgan fingerprint density at radius 1 is 1.58 bits per heavy atom. The molecular weight excluding hydrogens is 262 g/mol. The number of aryl methyl sites for hydroxylation is 2. The molecule has 6 heteroatoms. The molecule has 0 bridgehead atoms. The fourth-order valence-electron chi connectivity index (χ4n) is 2.06. The van der Waals surface area contributed by atoms with Gasteiger partial charge in [-0.25, -0.2) is 4.98 Å². The minimum atomic E-state index is 0.191. The van der Waals surface area contributed by atoms with Gasteiger partial charge in [0.15, 0.2) is 0 Å². The molecule has 2 aromatic heterocycles. The van der Waals surface area contributed by atoms with Crippen molar-refractivity contribution in [2.45, 2.75) is 32.5 Å². The second kappa shape index (κ2) is 5.30. The molecule has 1 fully saturated rings. The zero-order valence-electron chi connectivity index (χ0n) is 11.1. The Morgan fingerprint density at radius 2 is 2.47 bits per heavy atom. The Kier molecular flexibility index (Phi) is 3.52. The van der Waals surface area contributed by atoms with Gasteiger partial charge < -0.3 is 9.47 Å². The molecule has 19 heavy (non-hydrogen) atoms. The maximum absolute atomic E-state index is 5.64. The van der Waals surface area contributed by atoms with E-state index in [1.54, 1.807) is 16.0 Å². The molecule has 0 N–H and O–H groups in total. The summed E-state index contributed by atoms with van der Waals surface area (Å²) in [5.41, 5.74) is 2.02. The smallest absolute Gasteiger partial charge is 0.233 e. The van der Waals surface area contributed by atoms with Gasteiger partial charge in [0.1, 0.15) is 17.7 Å². The first-order valence-electron chi connectivity index (χ1n) is 6.42. The molecule has 5 nitrogen and oxygen atoms in total. The summed E-state index contributed by atoms with van der Waals surface area (Å²) < 4.78 is 13.1. The maximum atomic E-state index is 5.64. The van der Waals surface area contributed by atoms with Gasteiger partial charge in [-0.3, -0.25) is 4.68 Å². The number of thiazole rings is 1. The summed E-state index contributed by atoms with van der Waals surface area (Å²) in [6.45, 7) is 3.31. The summed E-state index contributed by atoms with van der Waals surface area (Å²) in [5, 5.41) is 7.35. The van der Waals surface area contributed by atoms with E-state index in [0.717, 1.165) is 35.8 Å². The van der Waals surface area contributed by atoms with E-state index < -0.39 is 0 Å². The lowest BCUT2D eigenvalue weighted by Crippen LogP contribution is -1.99. The van der Waals surface area contributed by atoms with Crippen molar-refractivity contribution in [3.63, 3.8) is 0 Å². The third-order valence-corrected chi connectivity index (χ3v) is 4.22. The molecule has 0 aromatic carbocycles. The van der Waals surface area contributed by atoms with Crippen LogP contribution in [0.5, 0.6) is 5.88 Å². The minimum Gasteiger partial charge on any atom is -0.470 e. The van der Waals surface area contributed by atoms with E-state index in [1.165, 1.54) is 0 Å². The largest absolute Gasteiger partial charge is 0.470 e. The van der Waals surface area contributed by atoms with Crippen LogP contribution in [0.3, 0.4) is 0 Å². The van der Waals surface area contributed by atoms with Gasteiger partial charge in [0.2, 0.25) is 5.88 Å². The molecule has 1 unspecified atom stereocenters. The highest BCUT2D eigenvalue weighted by Crippen LogP contribution is 2.30. The van der Waals surface area contributed by atoms with E-state index in [2.05, 4.69) is 10.1 Å². The number of hydrogen-bond acceptors (Lipinski definition) is 5. The van der Waals surface area contributed by atoms with E-state index in [1.807, 2.05) is 25.4 Å². The Balaban J connectivity index is 1.60. The van der Waals surface area contributed by atoms with Crippen LogP contribution in [0.2, 0.25) is 0 Å². The highest BCUT2D eigenvalue weighted by molar-refractivity contribution is 7.09. The summed E-state index contributed by atoms with van der Waals surface area (Å²) in [6.07, 6.45) is 2.40. The molecule has 0 amide bonds. The zero-order valence-corrected chi connectivity index (χ0v) is 11.9. The van der Waals surface area contributed by atoms with Crippen LogP contribution in [0, 0.1) is 6.92 Å². The Hall–Kier alpha value is -1.40. The molecule has 3 rings (SSSR count). The van der Waals surface area contributed by atoms with E-state index in [-0.39, 0.29) is 6.10 Å². The van der Waals surface area contributed by atoms with Crippen LogP contribution in [0.25, 0.3) is 0 Å². The highest BCUT2D eigenvalue weighted by atomic mass is 32.1. The van der Waals surface area contributed by atoms with Gasteiger partial charge in [-0.15, -0.1) is 16.4 Å². The summed E-state index contributed by atoms with van der Waals surface area (Å²) >= 11 is 1.65. The Morgan fingerprint density at radius 3 is 3.16 bits per heavy atom. The lowest BCUT2D eigenvalue weighted by atomic mass is 10.2. The van der Waals surface area contributed by atoms with Crippen molar-refractivity contribution in [2.75, 3.05) is 6.61 Å². The summed E-state index contributed by atoms with van der Waals surface area (Å²) in [6, 6.07) is 1.92. The van der Waals surface area contributed by atoms with Crippen LogP contribution in [-0.4, -0.2) is 21.4 Å². The molecule has 1 saturated heterocycles. The average molecular weight is 279 g/mol. The van der Waals surface area contributed by atoms with Gasteiger partial charge >= 0.3 is 0 Å². The number of rotatable bonds is 4. The molecule has 1 aliphatic rings. The van der Waals surface area contributed by atoms with Crippen molar-refractivity contribution < 1.29 is 9.47 Å². The lowest BCUT2D eigenvalue weighted by Gasteiger charge is -2.03. The standard InChI is InChI=1S/C13H17N3O2S/c1-9-6-12(15-16(9)2)18-7-10-8-19-13(14-10)11-4-3-5-17-11/h6,8,11H,3-5,7H2,1-2H3. The fourth-order valence-corrected chi connectivity index (χ4v) is 2.94. The van der Waals surface area contributed by atoms with Crippen molar-refractivity contribution in [1.82, 2.24) is 14.8 Å². The molecule has 0 radical (unpaired) electrons. The quantitative estimate of drug-likeness (QED) is 0.863. The van der Waals surface area contributed by atoms with Crippen LogP contribution in [-0.2, 0) is 18.4 Å². The number of nitrogens with zero attached hydrogens (tertiary/aromatic N) is 3. The SMILES string of the molecule is Cc1cc(OCc2csc(C3CCCO3)n2)nn1C. The zero-order chi connectivity index (χ0) is 13.2. The molecular formula is C13H17N3O2S. The van der Waals surface area contributed by atoms with Crippen LogP contribution >= 0.6 is 11.3 Å². The lowest BCUT2D eigenvalue weighted by molar-refractivity contribution is 0.111. The van der Waals surface area contributed by atoms with Crippen molar-refractivity contribution in [3.05, 3.63) is 27.8 Å². The van der Waals surface area contributed by atoms with Crippen molar-refractivity contribution >= 4 is 11.3 Å². The number of aromatic nitrogens is 3. The summed E-state index contributed by atoms with van der Waals surface area (Å²) in [4.78, 5) is 4.57. The molecule has 3 heterocycles. The van der Waals surface area contributed by atoms with Crippen LogP contribution in [0.1, 0.15) is 35.3 Å². The van der Waals surface area contributed by atoms with E-state index >= 15 is 0 Å². The first-order chi connectivity index (χ1) is 9.22. The first kappa shape index (κ1) is 12.6.